The summed E-state index contributed by atoms with van der Waals surface area (Å²) in [5.41, 5.74) is 1.44. The lowest BCUT2D eigenvalue weighted by atomic mass is 10.1. The highest BCUT2D eigenvalue weighted by atomic mass is 32.2. The molecule has 0 bridgehead atoms. The van der Waals surface area contributed by atoms with E-state index in [0.717, 1.165) is 11.3 Å². The smallest absolute Gasteiger partial charge is 0.349 e. The van der Waals surface area contributed by atoms with Crippen LogP contribution in [0.25, 0.3) is 11.1 Å². The Kier molecular flexibility index (Phi) is 6.56. The predicted octanol–water partition coefficient (Wildman–Crippen LogP) is 4.79. The fraction of sp³-hybridized carbons (Fsp3) is 0.190. The molecule has 0 aliphatic rings. The molecule has 0 saturated carbocycles. The van der Waals surface area contributed by atoms with Crippen LogP contribution in [0.1, 0.15) is 23.5 Å². The summed E-state index contributed by atoms with van der Waals surface area (Å²) in [6.45, 7) is 4.03. The summed E-state index contributed by atoms with van der Waals surface area (Å²) in [4.78, 5) is 12.4. The predicted molar refractivity (Wildman–Crippen MR) is 114 cm³/mol. The highest BCUT2D eigenvalue weighted by Crippen LogP contribution is 2.37. The Balaban J connectivity index is 2.12. The number of nitrogens with one attached hydrogen (secondary N) is 1. The van der Waals surface area contributed by atoms with E-state index >= 15 is 0 Å². The van der Waals surface area contributed by atoms with Crippen LogP contribution in [0.3, 0.4) is 0 Å². The van der Waals surface area contributed by atoms with E-state index in [1.807, 2.05) is 25.1 Å². The van der Waals surface area contributed by atoms with E-state index in [9.17, 15) is 13.2 Å². The number of benzene rings is 2. The molecule has 0 aliphatic heterocycles. The van der Waals surface area contributed by atoms with Crippen molar-refractivity contribution in [3.8, 4) is 16.9 Å². The molecule has 0 amide bonds. The van der Waals surface area contributed by atoms with Crippen LogP contribution >= 0.6 is 11.3 Å². The number of carbonyl (C=O) groups excluding carboxylic acids is 1. The van der Waals surface area contributed by atoms with Crippen molar-refractivity contribution in [2.45, 2.75) is 18.7 Å². The molecule has 3 rings (SSSR count). The number of hydrogen-bond donors (Lipinski definition) is 1. The molecule has 8 heteroatoms. The second kappa shape index (κ2) is 9.11. The quantitative estimate of drug-likeness (QED) is 0.519. The highest BCUT2D eigenvalue weighted by Gasteiger charge is 2.30. The summed E-state index contributed by atoms with van der Waals surface area (Å²) in [5, 5.41) is 1.66. The van der Waals surface area contributed by atoms with Gasteiger partial charge in [0.05, 0.1) is 18.9 Å². The third kappa shape index (κ3) is 4.60. The van der Waals surface area contributed by atoms with E-state index in [4.69, 9.17) is 9.47 Å². The van der Waals surface area contributed by atoms with Crippen molar-refractivity contribution in [3.63, 3.8) is 0 Å². The van der Waals surface area contributed by atoms with Crippen LogP contribution in [0.4, 0.5) is 5.69 Å². The van der Waals surface area contributed by atoms with E-state index in [-0.39, 0.29) is 16.4 Å². The number of esters is 1. The summed E-state index contributed by atoms with van der Waals surface area (Å²) in [7, 11) is -4.10. The maximum atomic E-state index is 13.4. The molecule has 3 aromatic rings. The molecule has 0 radical (unpaired) electrons. The van der Waals surface area contributed by atoms with Gasteiger partial charge in [-0.1, -0.05) is 42.5 Å². The molecule has 0 spiro atoms. The van der Waals surface area contributed by atoms with E-state index in [0.29, 0.717) is 29.2 Å². The lowest BCUT2D eigenvalue weighted by molar-refractivity contribution is 0.0528. The highest BCUT2D eigenvalue weighted by molar-refractivity contribution is 7.93. The average Bonchev–Trinajstić information content (AvgIpc) is 3.17. The van der Waals surface area contributed by atoms with Gasteiger partial charge in [-0.25, -0.2) is 13.2 Å². The number of anilines is 1. The number of thiophene rings is 1. The van der Waals surface area contributed by atoms with Gasteiger partial charge in [-0.3, -0.25) is 4.72 Å². The Morgan fingerprint density at radius 2 is 1.69 bits per heavy atom. The van der Waals surface area contributed by atoms with Crippen molar-refractivity contribution >= 4 is 33.0 Å². The second-order valence-corrected chi connectivity index (χ2v) is 8.43. The van der Waals surface area contributed by atoms with Crippen LogP contribution in [-0.2, 0) is 14.8 Å². The molecule has 0 unspecified atom stereocenters. The fourth-order valence-corrected chi connectivity index (χ4v) is 5.56. The first-order valence-electron chi connectivity index (χ1n) is 9.06. The molecule has 1 N–H and O–H groups in total. The Hall–Kier alpha value is -2.84. The Morgan fingerprint density at radius 3 is 2.38 bits per heavy atom. The first-order valence-corrected chi connectivity index (χ1v) is 11.4. The van der Waals surface area contributed by atoms with Gasteiger partial charge < -0.3 is 9.47 Å². The molecule has 2 aromatic carbocycles. The number of rotatable bonds is 8. The Bertz CT molecular complexity index is 1090. The van der Waals surface area contributed by atoms with E-state index < -0.39 is 16.0 Å². The van der Waals surface area contributed by atoms with Crippen LogP contribution in [-0.4, -0.2) is 27.6 Å². The number of hydrogen-bond acceptors (Lipinski definition) is 6. The van der Waals surface area contributed by atoms with Gasteiger partial charge in [0.2, 0.25) is 0 Å². The minimum atomic E-state index is -4.10. The molecule has 0 saturated heterocycles. The molecule has 6 nitrogen and oxygen atoms in total. The zero-order valence-electron chi connectivity index (χ0n) is 16.0. The number of sulfonamides is 1. The standard InChI is InChI=1S/C21H21NO5S2/c1-3-26-18-13-9-8-12-17(18)22-29(24,25)20-16(15-10-6-5-7-11-15)14-28-19(20)21(23)27-4-2/h5-14,22H,3-4H2,1-2H3. The van der Waals surface area contributed by atoms with Gasteiger partial charge in [0.25, 0.3) is 10.0 Å². The average molecular weight is 432 g/mol. The molecule has 0 atom stereocenters. The van der Waals surface area contributed by atoms with Crippen molar-refractivity contribution in [3.05, 3.63) is 64.9 Å². The van der Waals surface area contributed by atoms with E-state index in [1.165, 1.54) is 0 Å². The lowest BCUT2D eigenvalue weighted by Crippen LogP contribution is -2.17. The first-order chi connectivity index (χ1) is 14.0. The Morgan fingerprint density at radius 1 is 1.00 bits per heavy atom. The van der Waals surface area contributed by atoms with Crippen LogP contribution in [0, 0.1) is 0 Å². The second-order valence-electron chi connectivity index (χ2n) is 5.93. The molecular weight excluding hydrogens is 410 g/mol. The van der Waals surface area contributed by atoms with E-state index in [1.54, 1.807) is 48.7 Å². The lowest BCUT2D eigenvalue weighted by Gasteiger charge is -2.14. The molecule has 29 heavy (non-hydrogen) atoms. The van der Waals surface area contributed by atoms with Gasteiger partial charge in [0, 0.05) is 10.9 Å². The number of carbonyl (C=O) groups is 1. The zero-order chi connectivity index (χ0) is 20.9. The monoisotopic (exact) mass is 431 g/mol. The SMILES string of the molecule is CCOC(=O)c1scc(-c2ccccc2)c1S(=O)(=O)Nc1ccccc1OCC. The molecule has 1 aromatic heterocycles. The van der Waals surface area contributed by atoms with Crippen LogP contribution < -0.4 is 9.46 Å². The zero-order valence-corrected chi connectivity index (χ0v) is 17.7. The van der Waals surface area contributed by atoms with Crippen molar-refractivity contribution in [2.75, 3.05) is 17.9 Å². The fourth-order valence-electron chi connectivity index (χ4n) is 2.80. The van der Waals surface area contributed by atoms with Crippen LogP contribution in [0.15, 0.2) is 64.9 Å². The summed E-state index contributed by atoms with van der Waals surface area (Å²) in [5.74, 6) is -0.258. The molecule has 152 valence electrons. The molecular formula is C21H21NO5S2. The van der Waals surface area contributed by atoms with Crippen molar-refractivity contribution in [2.24, 2.45) is 0 Å². The van der Waals surface area contributed by atoms with Gasteiger partial charge in [-0.2, -0.15) is 0 Å². The molecule has 0 aliphatic carbocycles. The van der Waals surface area contributed by atoms with Gasteiger partial charge in [0.1, 0.15) is 15.5 Å². The first kappa shape index (κ1) is 20.9. The molecule has 0 fully saturated rings. The van der Waals surface area contributed by atoms with Gasteiger partial charge in [0.15, 0.2) is 0 Å². The third-order valence-corrected chi connectivity index (χ3v) is 6.53. The summed E-state index contributed by atoms with van der Waals surface area (Å²) < 4.78 is 39.9. The van der Waals surface area contributed by atoms with Crippen LogP contribution in [0.5, 0.6) is 5.75 Å². The van der Waals surface area contributed by atoms with Gasteiger partial charge in [-0.15, -0.1) is 11.3 Å². The van der Waals surface area contributed by atoms with Crippen molar-refractivity contribution < 1.29 is 22.7 Å². The van der Waals surface area contributed by atoms with Crippen molar-refractivity contribution in [1.82, 2.24) is 0 Å². The maximum absolute atomic E-state index is 13.4. The minimum absolute atomic E-state index is 0.0343. The van der Waals surface area contributed by atoms with E-state index in [2.05, 4.69) is 4.72 Å². The van der Waals surface area contributed by atoms with Crippen molar-refractivity contribution in [1.29, 1.82) is 0 Å². The van der Waals surface area contributed by atoms with Crippen LogP contribution in [0.2, 0.25) is 0 Å². The third-order valence-electron chi connectivity index (χ3n) is 3.99. The van der Waals surface area contributed by atoms with Gasteiger partial charge in [-0.05, 0) is 31.5 Å². The normalized spacial score (nSPS) is 11.1. The summed E-state index contributed by atoms with van der Waals surface area (Å²) >= 11 is 1.05. The number of ether oxygens (including phenoxy) is 2. The van der Waals surface area contributed by atoms with Gasteiger partial charge >= 0.3 is 5.97 Å². The summed E-state index contributed by atoms with van der Waals surface area (Å²) in [6.07, 6.45) is 0. The maximum Gasteiger partial charge on any atom is 0.349 e. The minimum Gasteiger partial charge on any atom is -0.492 e. The molecule has 1 heterocycles. The summed E-state index contributed by atoms with van der Waals surface area (Å²) in [6, 6.07) is 15.8. The Labute approximate surface area is 174 Å². The number of para-hydroxylation sites is 2. The largest absolute Gasteiger partial charge is 0.492 e. The topological polar surface area (TPSA) is 81.7 Å².